The van der Waals surface area contributed by atoms with Gasteiger partial charge < -0.3 is 4.90 Å². The van der Waals surface area contributed by atoms with E-state index in [0.29, 0.717) is 0 Å². The molecule has 0 N–H and O–H groups in total. The van der Waals surface area contributed by atoms with Gasteiger partial charge in [0.15, 0.2) is 0 Å². The van der Waals surface area contributed by atoms with Gasteiger partial charge in [0, 0.05) is 16.9 Å². The zero-order valence-corrected chi connectivity index (χ0v) is 24.7. The summed E-state index contributed by atoms with van der Waals surface area (Å²) >= 11 is 0. The maximum atomic E-state index is 4.95. The number of hydrogen-bond donors (Lipinski definition) is 0. The van der Waals surface area contributed by atoms with Crippen molar-refractivity contribution in [3.8, 4) is 33.5 Å². The van der Waals surface area contributed by atoms with Gasteiger partial charge in [0.2, 0.25) is 0 Å². The normalized spacial score (nSPS) is 11.1. The molecule has 7 aromatic carbocycles. The SMILES string of the molecule is c1ccc(-c2ccc(N(c3ccc(-c4ccc5ccccc5c4)cc3)c3ccc(-c4ccc5ccccc5c4)nc3)cc2)cc1. The van der Waals surface area contributed by atoms with E-state index in [0.717, 1.165) is 28.3 Å². The van der Waals surface area contributed by atoms with E-state index in [-0.39, 0.29) is 0 Å². The van der Waals surface area contributed by atoms with E-state index in [1.54, 1.807) is 0 Å². The van der Waals surface area contributed by atoms with Gasteiger partial charge in [0.1, 0.15) is 0 Å². The highest BCUT2D eigenvalue weighted by Crippen LogP contribution is 2.37. The summed E-state index contributed by atoms with van der Waals surface area (Å²) in [4.78, 5) is 7.22. The van der Waals surface area contributed by atoms with E-state index in [1.165, 1.54) is 43.8 Å². The molecule has 212 valence electrons. The molecule has 0 atom stereocenters. The van der Waals surface area contributed by atoms with Gasteiger partial charge in [-0.2, -0.15) is 0 Å². The number of fused-ring (bicyclic) bond motifs is 2. The van der Waals surface area contributed by atoms with Gasteiger partial charge >= 0.3 is 0 Å². The fourth-order valence-electron chi connectivity index (χ4n) is 6.09. The minimum Gasteiger partial charge on any atom is -0.309 e. The monoisotopic (exact) mass is 574 g/mol. The molecule has 0 fully saturated rings. The quantitative estimate of drug-likeness (QED) is 0.196. The molecular weight excluding hydrogens is 544 g/mol. The van der Waals surface area contributed by atoms with Crippen LogP contribution in [0, 0.1) is 0 Å². The minimum absolute atomic E-state index is 0.954. The van der Waals surface area contributed by atoms with Crippen LogP contribution < -0.4 is 4.90 Å². The van der Waals surface area contributed by atoms with Gasteiger partial charge in [0.25, 0.3) is 0 Å². The summed E-state index contributed by atoms with van der Waals surface area (Å²) in [5.74, 6) is 0. The van der Waals surface area contributed by atoms with E-state index < -0.39 is 0 Å². The lowest BCUT2D eigenvalue weighted by molar-refractivity contribution is 1.23. The fraction of sp³-hybridized carbons (Fsp3) is 0. The fourth-order valence-corrected chi connectivity index (χ4v) is 6.09. The molecule has 0 radical (unpaired) electrons. The van der Waals surface area contributed by atoms with Crippen molar-refractivity contribution in [1.82, 2.24) is 4.98 Å². The summed E-state index contributed by atoms with van der Waals surface area (Å²) in [6, 6.07) is 62.5. The Morgan fingerprint density at radius 3 is 1.33 bits per heavy atom. The second-order valence-electron chi connectivity index (χ2n) is 11.3. The zero-order valence-electron chi connectivity index (χ0n) is 24.7. The number of nitrogens with zero attached hydrogens (tertiary/aromatic N) is 2. The van der Waals surface area contributed by atoms with Crippen molar-refractivity contribution in [3.63, 3.8) is 0 Å². The molecule has 0 bridgehead atoms. The lowest BCUT2D eigenvalue weighted by Gasteiger charge is -2.26. The van der Waals surface area contributed by atoms with Crippen molar-refractivity contribution in [1.29, 1.82) is 0 Å². The number of hydrogen-bond acceptors (Lipinski definition) is 2. The molecular formula is C43H30N2. The van der Waals surface area contributed by atoms with Crippen LogP contribution in [-0.2, 0) is 0 Å². The van der Waals surface area contributed by atoms with Crippen molar-refractivity contribution >= 4 is 38.6 Å². The number of rotatable bonds is 6. The first-order valence-corrected chi connectivity index (χ1v) is 15.3. The first-order chi connectivity index (χ1) is 22.3. The third-order valence-electron chi connectivity index (χ3n) is 8.49. The molecule has 45 heavy (non-hydrogen) atoms. The molecule has 0 saturated carbocycles. The molecule has 0 saturated heterocycles. The van der Waals surface area contributed by atoms with Crippen LogP contribution in [0.25, 0.3) is 55.1 Å². The maximum Gasteiger partial charge on any atom is 0.0703 e. The molecule has 1 heterocycles. The van der Waals surface area contributed by atoms with Crippen LogP contribution in [0.2, 0.25) is 0 Å². The van der Waals surface area contributed by atoms with Gasteiger partial charge in [-0.05, 0) is 92.3 Å². The van der Waals surface area contributed by atoms with Gasteiger partial charge in [-0.3, -0.25) is 4.98 Å². The first-order valence-electron chi connectivity index (χ1n) is 15.3. The van der Waals surface area contributed by atoms with Crippen LogP contribution in [0.5, 0.6) is 0 Å². The van der Waals surface area contributed by atoms with E-state index in [1.807, 2.05) is 6.20 Å². The molecule has 0 unspecified atom stereocenters. The highest BCUT2D eigenvalue weighted by molar-refractivity contribution is 5.89. The van der Waals surface area contributed by atoms with Gasteiger partial charge in [-0.15, -0.1) is 0 Å². The van der Waals surface area contributed by atoms with Gasteiger partial charge in [0.05, 0.1) is 17.6 Å². The average Bonchev–Trinajstić information content (AvgIpc) is 3.12. The van der Waals surface area contributed by atoms with Crippen molar-refractivity contribution in [2.24, 2.45) is 0 Å². The third kappa shape index (κ3) is 5.35. The molecule has 0 aliphatic carbocycles. The van der Waals surface area contributed by atoms with E-state index in [2.05, 4.69) is 181 Å². The number of pyridine rings is 1. The van der Waals surface area contributed by atoms with Crippen molar-refractivity contribution in [2.75, 3.05) is 4.90 Å². The molecule has 8 rings (SSSR count). The number of benzene rings is 7. The summed E-state index contributed by atoms with van der Waals surface area (Å²) < 4.78 is 0. The highest BCUT2D eigenvalue weighted by Gasteiger charge is 2.14. The van der Waals surface area contributed by atoms with Gasteiger partial charge in [-0.25, -0.2) is 0 Å². The third-order valence-corrected chi connectivity index (χ3v) is 8.49. The molecule has 8 aromatic rings. The largest absolute Gasteiger partial charge is 0.309 e. The Bertz CT molecular complexity index is 2110. The predicted molar refractivity (Wildman–Crippen MR) is 190 cm³/mol. The van der Waals surface area contributed by atoms with Crippen LogP contribution >= 0.6 is 0 Å². The van der Waals surface area contributed by atoms with E-state index in [4.69, 9.17) is 4.98 Å². The number of aromatic nitrogens is 1. The van der Waals surface area contributed by atoms with Crippen molar-refractivity contribution in [3.05, 3.63) is 182 Å². The van der Waals surface area contributed by atoms with E-state index in [9.17, 15) is 0 Å². The Kier molecular flexibility index (Phi) is 6.86. The zero-order chi connectivity index (χ0) is 30.0. The second-order valence-corrected chi connectivity index (χ2v) is 11.3. The first kappa shape index (κ1) is 26.6. The summed E-state index contributed by atoms with van der Waals surface area (Å²) in [6.45, 7) is 0. The Morgan fingerprint density at radius 2 is 0.756 bits per heavy atom. The Hall–Kier alpha value is -5.99. The lowest BCUT2D eigenvalue weighted by atomic mass is 10.0. The van der Waals surface area contributed by atoms with Crippen molar-refractivity contribution in [2.45, 2.75) is 0 Å². The molecule has 0 spiro atoms. The highest BCUT2D eigenvalue weighted by atomic mass is 15.1. The van der Waals surface area contributed by atoms with Crippen LogP contribution in [0.3, 0.4) is 0 Å². The van der Waals surface area contributed by atoms with E-state index >= 15 is 0 Å². The molecule has 2 nitrogen and oxygen atoms in total. The van der Waals surface area contributed by atoms with Crippen LogP contribution in [0.1, 0.15) is 0 Å². The van der Waals surface area contributed by atoms with Crippen LogP contribution in [0.15, 0.2) is 182 Å². The van der Waals surface area contributed by atoms with Crippen molar-refractivity contribution < 1.29 is 0 Å². The van der Waals surface area contributed by atoms with Crippen LogP contribution in [-0.4, -0.2) is 4.98 Å². The predicted octanol–water partition coefficient (Wildman–Crippen LogP) is 11.9. The maximum absolute atomic E-state index is 4.95. The average molecular weight is 575 g/mol. The summed E-state index contributed by atoms with van der Waals surface area (Å²) in [6.07, 6.45) is 1.98. The molecule has 1 aromatic heterocycles. The molecule has 0 amide bonds. The molecule has 2 heteroatoms. The standard InChI is InChI=1S/C43H30N2/c1-2-8-31(9-3-1)34-18-22-40(23-19-34)45(41-24-20-35(21-25-41)38-16-14-32-10-4-6-12-36(32)28-38)42-26-27-43(44-30-42)39-17-15-33-11-5-7-13-37(33)29-39/h1-30H. The molecule has 0 aliphatic rings. The smallest absolute Gasteiger partial charge is 0.0703 e. The number of anilines is 3. The topological polar surface area (TPSA) is 16.1 Å². The minimum atomic E-state index is 0.954. The van der Waals surface area contributed by atoms with Crippen LogP contribution in [0.4, 0.5) is 17.1 Å². The Morgan fingerprint density at radius 1 is 0.311 bits per heavy atom. The summed E-state index contributed by atoms with van der Waals surface area (Å²) in [7, 11) is 0. The molecule has 0 aliphatic heterocycles. The van der Waals surface area contributed by atoms with Gasteiger partial charge in [-0.1, -0.05) is 127 Å². The summed E-state index contributed by atoms with van der Waals surface area (Å²) in [5, 5.41) is 4.95. The summed E-state index contributed by atoms with van der Waals surface area (Å²) in [5.41, 5.74) is 10.0. The second kappa shape index (κ2) is 11.6. The Balaban J connectivity index is 1.16. The lowest BCUT2D eigenvalue weighted by Crippen LogP contribution is -2.10. The Labute approximate surface area is 263 Å².